The monoisotopic (exact) mass is 525 g/mol. The number of halogens is 1. The third-order valence-electron chi connectivity index (χ3n) is 6.47. The van der Waals surface area contributed by atoms with Crippen LogP contribution in [0.4, 0.5) is 0 Å². The largest absolute Gasteiger partial charge is 0.486 e. The third-order valence-corrected chi connectivity index (χ3v) is 6.77. The van der Waals surface area contributed by atoms with Gasteiger partial charge in [-0.2, -0.15) is 0 Å². The number of carbonyl (C=O) groups excluding carboxylic acids is 1. The van der Waals surface area contributed by atoms with E-state index in [1.165, 1.54) is 0 Å². The molecule has 37 heavy (non-hydrogen) atoms. The Hall–Kier alpha value is -3.03. The number of aryl methyl sites for hydroxylation is 1. The fourth-order valence-electron chi connectivity index (χ4n) is 4.55. The number of hydrogen-bond donors (Lipinski definition) is 0. The van der Waals surface area contributed by atoms with Gasteiger partial charge >= 0.3 is 5.97 Å². The van der Waals surface area contributed by atoms with Gasteiger partial charge in [0, 0.05) is 31.7 Å². The highest BCUT2D eigenvalue weighted by molar-refractivity contribution is 6.30. The smallest absolute Gasteiger partial charge is 0.307 e. The van der Waals surface area contributed by atoms with E-state index in [1.54, 1.807) is 0 Å². The molecule has 4 rings (SSSR count). The maximum absolute atomic E-state index is 12.2. The third kappa shape index (κ3) is 6.84. The van der Waals surface area contributed by atoms with Crippen LogP contribution in [-0.2, 0) is 29.2 Å². The summed E-state index contributed by atoms with van der Waals surface area (Å²) >= 11 is 6.80. The van der Waals surface area contributed by atoms with Crippen molar-refractivity contribution in [3.05, 3.63) is 64.4 Å². The van der Waals surface area contributed by atoms with Gasteiger partial charge in [0.15, 0.2) is 16.7 Å². The number of fused-ring (bicyclic) bond motifs is 1. The Bertz CT molecular complexity index is 1210. The molecular weight excluding hydrogens is 490 g/mol. The first kappa shape index (κ1) is 27.0. The lowest BCUT2D eigenvalue weighted by atomic mass is 10.1. The van der Waals surface area contributed by atoms with Gasteiger partial charge in [0.2, 0.25) is 0 Å². The maximum Gasteiger partial charge on any atom is 0.307 e. The molecule has 0 N–H and O–H groups in total. The Labute approximate surface area is 224 Å². The van der Waals surface area contributed by atoms with Gasteiger partial charge in [0.05, 0.1) is 18.7 Å². The van der Waals surface area contributed by atoms with E-state index in [0.29, 0.717) is 51.0 Å². The van der Waals surface area contributed by atoms with E-state index in [9.17, 15) is 4.79 Å². The van der Waals surface area contributed by atoms with E-state index < -0.39 is 0 Å². The molecule has 0 saturated heterocycles. The van der Waals surface area contributed by atoms with Crippen LogP contribution in [-0.4, -0.2) is 46.8 Å². The van der Waals surface area contributed by atoms with E-state index in [2.05, 4.69) is 35.4 Å². The van der Waals surface area contributed by atoms with Crippen molar-refractivity contribution in [2.24, 2.45) is 0 Å². The van der Waals surface area contributed by atoms with Crippen LogP contribution in [0.15, 0.2) is 42.5 Å². The fraction of sp³-hybridized carbons (Fsp3) is 0.448. The van der Waals surface area contributed by atoms with E-state index in [-0.39, 0.29) is 5.97 Å². The lowest BCUT2D eigenvalue weighted by molar-refractivity contribution is -0.143. The second-order valence-corrected chi connectivity index (χ2v) is 9.59. The number of carbonyl (C=O) groups is 1. The average molecular weight is 526 g/mol. The molecule has 0 aliphatic carbocycles. The number of imidazole rings is 1. The lowest BCUT2D eigenvalue weighted by Crippen LogP contribution is -2.28. The summed E-state index contributed by atoms with van der Waals surface area (Å²) in [6.45, 7) is 10.1. The number of aromatic nitrogens is 2. The molecule has 198 valence electrons. The van der Waals surface area contributed by atoms with Gasteiger partial charge in [0.1, 0.15) is 19.0 Å². The zero-order valence-corrected chi connectivity index (χ0v) is 22.7. The van der Waals surface area contributed by atoms with E-state index in [0.717, 1.165) is 59.1 Å². The summed E-state index contributed by atoms with van der Waals surface area (Å²) in [5.41, 5.74) is 4.26. The van der Waals surface area contributed by atoms with Crippen LogP contribution in [0.2, 0.25) is 5.15 Å². The van der Waals surface area contributed by atoms with Crippen LogP contribution in [0.25, 0.3) is 11.4 Å². The molecule has 0 fully saturated rings. The average Bonchev–Trinajstić information content (AvgIpc) is 3.20. The van der Waals surface area contributed by atoms with Crippen molar-refractivity contribution < 1.29 is 19.0 Å². The maximum atomic E-state index is 12.2. The predicted molar refractivity (Wildman–Crippen MR) is 145 cm³/mol. The fourth-order valence-corrected chi connectivity index (χ4v) is 4.79. The Balaban J connectivity index is 1.64. The molecule has 2 heterocycles. The number of hydrogen-bond acceptors (Lipinski definition) is 6. The minimum atomic E-state index is -0.208. The Kier molecular flexibility index (Phi) is 9.47. The zero-order valence-electron chi connectivity index (χ0n) is 22.0. The van der Waals surface area contributed by atoms with Crippen molar-refractivity contribution in [3.63, 3.8) is 0 Å². The Morgan fingerprint density at radius 2 is 1.89 bits per heavy atom. The summed E-state index contributed by atoms with van der Waals surface area (Å²) < 4.78 is 18.9. The number of esters is 1. The molecular formula is C29H36ClN3O4. The summed E-state index contributed by atoms with van der Waals surface area (Å²) in [6.07, 6.45) is 2.37. The van der Waals surface area contributed by atoms with Crippen LogP contribution in [0.3, 0.4) is 0 Å². The molecule has 7 nitrogen and oxygen atoms in total. The minimum Gasteiger partial charge on any atom is -0.486 e. The standard InChI is InChI=1S/C29H36ClN3O4/c1-4-6-14-33-24(28(30)31-29(33)23-10-8-7-9-21(23)3)20-32(15-13-27(34)35-5-2)19-22-11-12-25-26(18-22)37-17-16-36-25/h7-12,18H,4-6,13-17,19-20H2,1-3H3. The van der Waals surface area contributed by atoms with Crippen molar-refractivity contribution in [3.8, 4) is 22.9 Å². The van der Waals surface area contributed by atoms with Crippen molar-refractivity contribution >= 4 is 17.6 Å². The van der Waals surface area contributed by atoms with Gasteiger partial charge < -0.3 is 18.8 Å². The molecule has 0 unspecified atom stereocenters. The van der Waals surface area contributed by atoms with Crippen LogP contribution >= 0.6 is 11.6 Å². The summed E-state index contributed by atoms with van der Waals surface area (Å²) in [4.78, 5) is 19.2. The van der Waals surface area contributed by atoms with E-state index >= 15 is 0 Å². The second-order valence-electron chi connectivity index (χ2n) is 9.24. The first-order valence-corrected chi connectivity index (χ1v) is 13.4. The molecule has 0 saturated carbocycles. The molecule has 0 spiro atoms. The van der Waals surface area contributed by atoms with Gasteiger partial charge in [-0.25, -0.2) is 4.98 Å². The summed E-state index contributed by atoms with van der Waals surface area (Å²) in [5.74, 6) is 2.19. The molecule has 0 radical (unpaired) electrons. The van der Waals surface area contributed by atoms with Crippen molar-refractivity contribution in [1.29, 1.82) is 0 Å². The zero-order chi connectivity index (χ0) is 26.2. The quantitative estimate of drug-likeness (QED) is 0.269. The normalized spacial score (nSPS) is 12.7. The highest BCUT2D eigenvalue weighted by Crippen LogP contribution is 2.32. The number of unbranched alkanes of at least 4 members (excludes halogenated alkanes) is 1. The lowest BCUT2D eigenvalue weighted by Gasteiger charge is -2.25. The van der Waals surface area contributed by atoms with E-state index in [1.807, 2.05) is 37.3 Å². The van der Waals surface area contributed by atoms with Crippen LogP contribution < -0.4 is 9.47 Å². The summed E-state index contributed by atoms with van der Waals surface area (Å²) in [5, 5.41) is 0.498. The number of rotatable bonds is 12. The van der Waals surface area contributed by atoms with E-state index in [4.69, 9.17) is 30.8 Å². The Morgan fingerprint density at radius 1 is 1.11 bits per heavy atom. The van der Waals surface area contributed by atoms with Gasteiger partial charge in [-0.3, -0.25) is 9.69 Å². The predicted octanol–water partition coefficient (Wildman–Crippen LogP) is 6.04. The number of nitrogens with zero attached hydrogens (tertiary/aromatic N) is 3. The second kappa shape index (κ2) is 13.0. The first-order chi connectivity index (χ1) is 18.0. The molecule has 0 amide bonds. The summed E-state index contributed by atoms with van der Waals surface area (Å²) in [7, 11) is 0. The van der Waals surface area contributed by atoms with Gasteiger partial charge in [-0.15, -0.1) is 0 Å². The molecule has 8 heteroatoms. The first-order valence-electron chi connectivity index (χ1n) is 13.1. The molecule has 0 bridgehead atoms. The van der Waals surface area contributed by atoms with Crippen LogP contribution in [0, 0.1) is 6.92 Å². The highest BCUT2D eigenvalue weighted by atomic mass is 35.5. The van der Waals surface area contributed by atoms with Crippen LogP contribution in [0.5, 0.6) is 11.5 Å². The molecule has 3 aromatic rings. The molecule has 0 atom stereocenters. The highest BCUT2D eigenvalue weighted by Gasteiger charge is 2.22. The molecule has 2 aromatic carbocycles. The molecule has 1 aromatic heterocycles. The summed E-state index contributed by atoms with van der Waals surface area (Å²) in [6, 6.07) is 14.2. The van der Waals surface area contributed by atoms with Crippen LogP contribution in [0.1, 0.15) is 49.9 Å². The SMILES string of the molecule is CCCCn1c(-c2ccccc2C)nc(Cl)c1CN(CCC(=O)OCC)Cc1ccc2c(c1)OCCO2. The van der Waals surface area contributed by atoms with Crippen molar-refractivity contribution in [1.82, 2.24) is 14.5 Å². The van der Waals surface area contributed by atoms with Gasteiger partial charge in [-0.1, -0.05) is 55.3 Å². The number of benzene rings is 2. The Morgan fingerprint density at radius 3 is 2.65 bits per heavy atom. The van der Waals surface area contributed by atoms with Gasteiger partial charge in [0.25, 0.3) is 0 Å². The van der Waals surface area contributed by atoms with Gasteiger partial charge in [-0.05, 0) is 43.5 Å². The van der Waals surface area contributed by atoms with Crippen molar-refractivity contribution in [2.45, 2.75) is 59.7 Å². The molecule has 1 aliphatic heterocycles. The minimum absolute atomic E-state index is 0.208. The topological polar surface area (TPSA) is 65.8 Å². The number of ether oxygens (including phenoxy) is 3. The molecule has 1 aliphatic rings. The van der Waals surface area contributed by atoms with Crippen molar-refractivity contribution in [2.75, 3.05) is 26.4 Å².